The smallest absolute Gasteiger partial charge is 0.167 e. The summed E-state index contributed by atoms with van der Waals surface area (Å²) in [5.41, 5.74) is 20.0. The Kier molecular flexibility index (Phi) is 7.30. The highest BCUT2D eigenvalue weighted by atomic mass is 16.3. The molecule has 0 N–H and O–H groups in total. The average molecular weight is 756 g/mol. The van der Waals surface area contributed by atoms with Crippen LogP contribution in [0.15, 0.2) is 180 Å². The van der Waals surface area contributed by atoms with Gasteiger partial charge in [0.05, 0.1) is 5.56 Å². The van der Waals surface area contributed by atoms with Crippen molar-refractivity contribution in [3.63, 3.8) is 0 Å². The van der Waals surface area contributed by atoms with Crippen molar-refractivity contribution in [2.24, 2.45) is 0 Å². The molecule has 2 aromatic heterocycles. The quantitative estimate of drug-likeness (QED) is 0.176. The van der Waals surface area contributed by atoms with Crippen LogP contribution in [0.1, 0.15) is 36.1 Å². The SMILES string of the molecule is CC1(C)c2ccccc2-c2ccc(-c3cccc4c3Cc3c(-c5cccc(-c6nc(-c7ccccc7)nc(-c7cccc8c7oc7ccccc78)n6)c5)cccc3-4)cc21. The first-order chi connectivity index (χ1) is 29.0. The van der Waals surface area contributed by atoms with E-state index < -0.39 is 0 Å². The Balaban J connectivity index is 0.951. The standard InChI is InChI=1S/C55H37N3O/c1-55(2)48-26-8-6-18-41(48)42-29-28-35(31-49(42)55)38-21-12-23-40-39-22-11-20-37(46(39)32-47(38)40)34-16-10-17-36(30-34)53-56-52(33-14-4-3-5-15-33)57-54(58-53)45-25-13-24-44-43-19-7-9-27-50(43)59-51(44)45/h3-31H,32H2,1-2H3. The van der Waals surface area contributed by atoms with Crippen LogP contribution in [0.5, 0.6) is 0 Å². The summed E-state index contributed by atoms with van der Waals surface area (Å²) in [6.45, 7) is 4.71. The van der Waals surface area contributed by atoms with Crippen LogP contribution in [-0.2, 0) is 11.8 Å². The van der Waals surface area contributed by atoms with Crippen molar-refractivity contribution >= 4 is 21.9 Å². The van der Waals surface area contributed by atoms with Crippen molar-refractivity contribution in [1.82, 2.24) is 15.0 Å². The number of benzene rings is 8. The van der Waals surface area contributed by atoms with Crippen molar-refractivity contribution in [3.8, 4) is 78.7 Å². The summed E-state index contributed by atoms with van der Waals surface area (Å²) < 4.78 is 6.45. The summed E-state index contributed by atoms with van der Waals surface area (Å²) in [4.78, 5) is 15.3. The maximum absolute atomic E-state index is 6.45. The van der Waals surface area contributed by atoms with Crippen LogP contribution in [0.25, 0.3) is 101 Å². The van der Waals surface area contributed by atoms with Gasteiger partial charge >= 0.3 is 0 Å². The van der Waals surface area contributed by atoms with Crippen molar-refractivity contribution in [1.29, 1.82) is 0 Å². The summed E-state index contributed by atoms with van der Waals surface area (Å²) in [7, 11) is 0. The Labute approximate surface area is 342 Å². The minimum atomic E-state index is -0.0526. The average Bonchev–Trinajstić information content (AvgIpc) is 3.94. The molecule has 2 heterocycles. The molecule has 4 nitrogen and oxygen atoms in total. The number of aromatic nitrogens is 3. The maximum atomic E-state index is 6.45. The van der Waals surface area contributed by atoms with Gasteiger partial charge in [-0.2, -0.15) is 0 Å². The topological polar surface area (TPSA) is 51.8 Å². The number of nitrogens with zero attached hydrogens (tertiary/aromatic N) is 3. The van der Waals surface area contributed by atoms with E-state index in [1.807, 2.05) is 54.6 Å². The summed E-state index contributed by atoms with van der Waals surface area (Å²) in [5.74, 6) is 1.81. The molecular formula is C55H37N3O. The van der Waals surface area contributed by atoms with Gasteiger partial charge in [0, 0.05) is 27.3 Å². The lowest BCUT2D eigenvalue weighted by Gasteiger charge is -2.22. The van der Waals surface area contributed by atoms with Crippen LogP contribution in [0.2, 0.25) is 0 Å². The van der Waals surface area contributed by atoms with Gasteiger partial charge < -0.3 is 4.42 Å². The molecule has 2 aliphatic rings. The fourth-order valence-electron chi connectivity index (χ4n) is 9.74. The summed E-state index contributed by atoms with van der Waals surface area (Å²) in [6, 6.07) is 62.6. The van der Waals surface area contributed by atoms with E-state index in [2.05, 4.69) is 135 Å². The van der Waals surface area contributed by atoms with Crippen LogP contribution < -0.4 is 0 Å². The zero-order chi connectivity index (χ0) is 39.2. The third kappa shape index (κ3) is 5.19. The lowest BCUT2D eigenvalue weighted by atomic mass is 9.81. The molecule has 0 unspecified atom stereocenters. The molecule has 278 valence electrons. The van der Waals surface area contributed by atoms with E-state index in [1.165, 1.54) is 61.2 Å². The second-order valence-electron chi connectivity index (χ2n) is 16.3. The molecule has 4 heteroatoms. The molecule has 0 aliphatic heterocycles. The largest absolute Gasteiger partial charge is 0.455 e. The minimum absolute atomic E-state index is 0.0526. The lowest BCUT2D eigenvalue weighted by molar-refractivity contribution is 0.660. The van der Waals surface area contributed by atoms with E-state index in [9.17, 15) is 0 Å². The first-order valence-corrected chi connectivity index (χ1v) is 20.3. The van der Waals surface area contributed by atoms with Crippen molar-refractivity contribution < 1.29 is 4.42 Å². The van der Waals surface area contributed by atoms with Gasteiger partial charge in [-0.15, -0.1) is 0 Å². The molecule has 0 fully saturated rings. The van der Waals surface area contributed by atoms with Gasteiger partial charge in [-0.25, -0.2) is 15.0 Å². The van der Waals surface area contributed by atoms with Gasteiger partial charge in [0.2, 0.25) is 0 Å². The number of rotatable bonds is 5. The second kappa shape index (κ2) is 12.8. The van der Waals surface area contributed by atoms with Crippen molar-refractivity contribution in [2.75, 3.05) is 0 Å². The van der Waals surface area contributed by atoms with Crippen LogP contribution in [-0.4, -0.2) is 15.0 Å². The van der Waals surface area contributed by atoms with Crippen LogP contribution in [0, 0.1) is 0 Å². The molecule has 0 saturated carbocycles. The predicted octanol–water partition coefficient (Wildman–Crippen LogP) is 14.0. The molecule has 0 bridgehead atoms. The number of hydrogen-bond acceptors (Lipinski definition) is 4. The van der Waals surface area contributed by atoms with Crippen LogP contribution in [0.4, 0.5) is 0 Å². The van der Waals surface area contributed by atoms with E-state index in [0.29, 0.717) is 17.5 Å². The molecule has 12 rings (SSSR count). The minimum Gasteiger partial charge on any atom is -0.455 e. The van der Waals surface area contributed by atoms with E-state index in [-0.39, 0.29) is 5.41 Å². The highest BCUT2D eigenvalue weighted by Crippen LogP contribution is 2.51. The number of hydrogen-bond donors (Lipinski definition) is 0. The molecular weight excluding hydrogens is 719 g/mol. The molecule has 8 aromatic carbocycles. The fraction of sp³-hybridized carbons (Fsp3) is 0.0727. The van der Waals surface area contributed by atoms with Gasteiger partial charge in [-0.05, 0) is 97.4 Å². The zero-order valence-electron chi connectivity index (χ0n) is 32.7. The first-order valence-electron chi connectivity index (χ1n) is 20.3. The summed E-state index contributed by atoms with van der Waals surface area (Å²) in [5, 5.41) is 2.11. The van der Waals surface area contributed by atoms with Gasteiger partial charge in [0.15, 0.2) is 17.5 Å². The van der Waals surface area contributed by atoms with Crippen molar-refractivity contribution in [3.05, 3.63) is 198 Å². The normalized spacial score (nSPS) is 13.3. The van der Waals surface area contributed by atoms with Gasteiger partial charge in [-0.1, -0.05) is 166 Å². The highest BCUT2D eigenvalue weighted by Gasteiger charge is 2.35. The van der Waals surface area contributed by atoms with E-state index in [4.69, 9.17) is 19.4 Å². The van der Waals surface area contributed by atoms with Crippen molar-refractivity contribution in [2.45, 2.75) is 25.7 Å². The first kappa shape index (κ1) is 33.7. The van der Waals surface area contributed by atoms with Gasteiger partial charge in [0.25, 0.3) is 0 Å². The molecule has 0 radical (unpaired) electrons. The van der Waals surface area contributed by atoms with E-state index in [1.54, 1.807) is 0 Å². The van der Waals surface area contributed by atoms with Crippen LogP contribution in [0.3, 0.4) is 0 Å². The molecule has 0 amide bonds. The number of furan rings is 1. The monoisotopic (exact) mass is 755 g/mol. The summed E-state index contributed by atoms with van der Waals surface area (Å²) in [6.07, 6.45) is 0.859. The molecule has 10 aromatic rings. The van der Waals surface area contributed by atoms with Crippen LogP contribution >= 0.6 is 0 Å². The Morgan fingerprint density at radius 1 is 0.390 bits per heavy atom. The lowest BCUT2D eigenvalue weighted by Crippen LogP contribution is -2.14. The zero-order valence-corrected chi connectivity index (χ0v) is 32.7. The number of fused-ring (bicyclic) bond motifs is 9. The fourth-order valence-corrected chi connectivity index (χ4v) is 9.74. The number of para-hydroxylation sites is 2. The second-order valence-corrected chi connectivity index (χ2v) is 16.3. The molecule has 2 aliphatic carbocycles. The molecule has 59 heavy (non-hydrogen) atoms. The summed E-state index contributed by atoms with van der Waals surface area (Å²) >= 11 is 0. The Morgan fingerprint density at radius 3 is 1.75 bits per heavy atom. The third-order valence-electron chi connectivity index (χ3n) is 12.6. The van der Waals surface area contributed by atoms with Gasteiger partial charge in [-0.3, -0.25) is 0 Å². The third-order valence-corrected chi connectivity index (χ3v) is 12.6. The van der Waals surface area contributed by atoms with Gasteiger partial charge in [0.1, 0.15) is 11.2 Å². The molecule has 0 spiro atoms. The van der Waals surface area contributed by atoms with E-state index in [0.717, 1.165) is 50.6 Å². The van der Waals surface area contributed by atoms with E-state index >= 15 is 0 Å². The maximum Gasteiger partial charge on any atom is 0.167 e. The molecule has 0 atom stereocenters. The highest BCUT2D eigenvalue weighted by molar-refractivity contribution is 6.09. The Morgan fingerprint density at radius 2 is 0.932 bits per heavy atom. The Bertz CT molecular complexity index is 3340. The predicted molar refractivity (Wildman–Crippen MR) is 240 cm³/mol. The molecule has 0 saturated heterocycles. The Hall–Kier alpha value is -7.43.